The van der Waals surface area contributed by atoms with E-state index >= 15 is 0 Å². The number of carboxylic acids is 4. The largest absolute Gasteiger partial charge is 0.477 e. The Balaban J connectivity index is 0.000000136. The van der Waals surface area contributed by atoms with Crippen molar-refractivity contribution in [2.45, 2.75) is 72.9 Å². The van der Waals surface area contributed by atoms with Gasteiger partial charge in [-0.1, -0.05) is 150 Å². The van der Waals surface area contributed by atoms with Gasteiger partial charge >= 0.3 is 46.4 Å². The summed E-state index contributed by atoms with van der Waals surface area (Å²) < 4.78 is 110. The van der Waals surface area contributed by atoms with E-state index in [0.29, 0.717) is 99.7 Å². The highest BCUT2D eigenvalue weighted by atomic mass is 35.5. The summed E-state index contributed by atoms with van der Waals surface area (Å²) >= 11 is 29.1. The average molecular weight is 2250 g/mol. The third-order valence-electron chi connectivity index (χ3n) is 25.1. The Bertz CT molecular complexity index is 8030. The molecule has 12 heterocycles. The molecular formula is C110H98Cl4N8O20P4S4. The van der Waals surface area contributed by atoms with Crippen LogP contribution in [0.5, 0.6) is 0 Å². The summed E-state index contributed by atoms with van der Waals surface area (Å²) in [5.74, 6) is -0.993. The van der Waals surface area contributed by atoms with Gasteiger partial charge in [-0.3, -0.25) is 52.2 Å². The topological polar surface area (TPSA) is 371 Å². The van der Waals surface area contributed by atoms with Crippen LogP contribution in [0.2, 0.25) is 20.1 Å². The summed E-state index contributed by atoms with van der Waals surface area (Å²) in [4.78, 5) is 69.4. The van der Waals surface area contributed by atoms with Crippen LogP contribution in [0.1, 0.15) is 105 Å². The first-order valence-corrected chi connectivity index (χ1v) is 58.4. The highest BCUT2D eigenvalue weighted by molar-refractivity contribution is 7.69. The van der Waals surface area contributed by atoms with Crippen molar-refractivity contribution >= 4 is 229 Å². The molecule has 0 amide bonds. The molecule has 0 aliphatic heterocycles. The van der Waals surface area contributed by atoms with E-state index < -0.39 is 54.0 Å². The van der Waals surface area contributed by atoms with E-state index in [0.717, 1.165) is 152 Å². The Morgan fingerprint density at radius 1 is 0.347 bits per heavy atom. The number of carbonyl (C=O) groups is 4. The number of aryl methyl sites for hydroxylation is 1. The minimum Gasteiger partial charge on any atom is -0.477 e. The van der Waals surface area contributed by atoms with Gasteiger partial charge in [-0.05, 0) is 227 Å². The van der Waals surface area contributed by atoms with Crippen LogP contribution in [-0.4, -0.2) is 125 Å². The summed E-state index contributed by atoms with van der Waals surface area (Å²) in [5.41, 5.74) is 14.7. The highest BCUT2D eigenvalue weighted by Crippen LogP contribution is 2.63. The maximum Gasteiger partial charge on any atom is 0.348 e. The van der Waals surface area contributed by atoms with E-state index in [9.17, 15) is 57.9 Å². The van der Waals surface area contributed by atoms with E-state index in [2.05, 4.69) is 26.9 Å². The van der Waals surface area contributed by atoms with E-state index in [4.69, 9.17) is 82.2 Å². The summed E-state index contributed by atoms with van der Waals surface area (Å²) in [6, 6.07) is 76.1. The molecule has 1 aliphatic rings. The van der Waals surface area contributed by atoms with Crippen LogP contribution in [-0.2, 0) is 36.4 Å². The lowest BCUT2D eigenvalue weighted by Crippen LogP contribution is -2.28. The zero-order chi connectivity index (χ0) is 106. The molecule has 0 radical (unpaired) electrons. The van der Waals surface area contributed by atoms with Crippen molar-refractivity contribution in [1.82, 2.24) is 19.9 Å². The van der Waals surface area contributed by atoms with Crippen molar-refractivity contribution < 1.29 is 93.6 Å². The van der Waals surface area contributed by atoms with Gasteiger partial charge in [0, 0.05) is 134 Å². The molecule has 1 aliphatic carbocycles. The SMILES string of the molecule is CCOP(=O)(C1CCC(C)CC1)N(C)c1cc(-c2ccc(-c3cc4ncccc4o3)cc2)sc1C(=O)O.CCOP(=O)(c1ccc(Cl)cc1)N(C)c1cc(-c2ccc(-c3cc4ncccc4o3)cc2)sc1C(=O)O.CCOP(=O)(c1ccc(Cl)cc1C)N(C)c1cc(-c2ccc(-c3cc4ncccc4o3)cc2)sc1C(=O)O.CCOP(=O)(c1ccc(Cl)cc1Cl)N(C)c1cc(-c2ccc(-c3cc4ncccc4o3)cc2)sc1C(=O)O. The zero-order valence-electron chi connectivity index (χ0n) is 82.2. The first-order chi connectivity index (χ1) is 72.0. The number of halogens is 4. The molecule has 40 heteroatoms. The van der Waals surface area contributed by atoms with Crippen molar-refractivity contribution in [3.8, 4) is 87.1 Å². The van der Waals surface area contributed by atoms with Gasteiger partial charge < -0.3 is 60.9 Å². The third-order valence-corrected chi connectivity index (χ3v) is 41.9. The number of hydrogen-bond acceptors (Lipinski definition) is 24. The molecule has 1 fully saturated rings. The second-order valence-corrected chi connectivity index (χ2v) is 50.4. The number of rotatable bonds is 32. The lowest BCUT2D eigenvalue weighted by Gasteiger charge is -2.37. The average Bonchev–Trinajstić information content (AvgIpc) is 1.53. The number of thiophene rings is 4. The molecule has 4 atom stereocenters. The summed E-state index contributed by atoms with van der Waals surface area (Å²) in [5, 5.41) is 42.7. The molecule has 0 spiro atoms. The summed E-state index contributed by atoms with van der Waals surface area (Å²) in [6.45, 7) is 11.9. The predicted molar refractivity (Wildman–Crippen MR) is 604 cm³/mol. The van der Waals surface area contributed by atoms with E-state index in [-0.39, 0.29) is 61.0 Å². The molecule has 0 saturated heterocycles. The number of hydrogen-bond donors (Lipinski definition) is 4. The number of aromatic carboxylic acids is 4. The smallest absolute Gasteiger partial charge is 0.348 e. The van der Waals surface area contributed by atoms with Crippen molar-refractivity contribution in [2.24, 2.45) is 5.92 Å². The van der Waals surface area contributed by atoms with Gasteiger partial charge in [0.2, 0.25) is 0 Å². The Labute approximate surface area is 899 Å². The number of aromatic nitrogens is 4. The van der Waals surface area contributed by atoms with Crippen molar-refractivity contribution in [2.75, 3.05) is 73.3 Å². The van der Waals surface area contributed by atoms with E-state index in [1.165, 1.54) is 37.5 Å². The minimum absolute atomic E-state index is 0.0277. The number of benzene rings is 7. The number of nitrogens with zero attached hydrogens (tertiary/aromatic N) is 8. The highest BCUT2D eigenvalue weighted by Gasteiger charge is 2.44. The number of fused-ring (bicyclic) bond motifs is 4. The number of anilines is 4. The van der Waals surface area contributed by atoms with Crippen molar-refractivity contribution in [1.29, 1.82) is 0 Å². The second kappa shape index (κ2) is 46.5. The molecule has 4 unspecified atom stereocenters. The maximum absolute atomic E-state index is 14.3. The van der Waals surface area contributed by atoms with Crippen LogP contribution in [0.15, 0.2) is 297 Å². The fourth-order valence-corrected chi connectivity index (χ4v) is 31.8. The lowest BCUT2D eigenvalue weighted by atomic mass is 9.91. The molecule has 19 aromatic rings. The van der Waals surface area contributed by atoms with Gasteiger partial charge in [-0.15, -0.1) is 45.3 Å². The fourth-order valence-electron chi connectivity index (χ4n) is 17.4. The molecule has 150 heavy (non-hydrogen) atoms. The van der Waals surface area contributed by atoms with Gasteiger partial charge in [-0.25, -0.2) is 19.2 Å². The second-order valence-electron chi connectivity index (χ2n) is 34.6. The summed E-state index contributed by atoms with van der Waals surface area (Å²) in [7, 11) is -7.89. The molecule has 1 saturated carbocycles. The quantitative estimate of drug-likeness (QED) is 0.0284. The van der Waals surface area contributed by atoms with Crippen molar-refractivity contribution in [3.63, 3.8) is 0 Å². The Morgan fingerprint density at radius 2 is 0.627 bits per heavy atom. The molecule has 7 aromatic carbocycles. The maximum atomic E-state index is 14.3. The van der Waals surface area contributed by atoms with Gasteiger partial charge in [0.15, 0.2) is 22.3 Å². The Morgan fingerprint density at radius 3 is 0.927 bits per heavy atom. The van der Waals surface area contributed by atoms with Gasteiger partial charge in [-0.2, -0.15) is 0 Å². The van der Waals surface area contributed by atoms with Crippen LogP contribution in [0.3, 0.4) is 0 Å². The zero-order valence-corrected chi connectivity index (χ0v) is 92.1. The van der Waals surface area contributed by atoms with Crippen LogP contribution in [0.4, 0.5) is 22.7 Å². The van der Waals surface area contributed by atoms with E-state index in [1.807, 2.05) is 183 Å². The van der Waals surface area contributed by atoms with Crippen molar-refractivity contribution in [3.05, 3.63) is 325 Å². The van der Waals surface area contributed by atoms with Crippen LogP contribution in [0, 0.1) is 12.8 Å². The fraction of sp³-hybridized carbons (Fsp3) is 0.182. The third kappa shape index (κ3) is 23.0. The van der Waals surface area contributed by atoms with Gasteiger partial charge in [0.05, 0.1) is 75.8 Å². The number of carboxylic acid groups (broad SMARTS) is 4. The molecule has 0 bridgehead atoms. The first-order valence-electron chi connectivity index (χ1n) is 47.2. The minimum atomic E-state index is -3.78. The monoisotopic (exact) mass is 2240 g/mol. The van der Waals surface area contributed by atoms with Gasteiger partial charge in [0.25, 0.3) is 7.52 Å². The van der Waals surface area contributed by atoms with Crippen LogP contribution < -0.4 is 34.6 Å². The summed E-state index contributed by atoms with van der Waals surface area (Å²) in [6.07, 6.45) is 10.5. The lowest BCUT2D eigenvalue weighted by molar-refractivity contribution is 0.0692. The predicted octanol–water partition coefficient (Wildman–Crippen LogP) is 31.8. The number of furan rings is 4. The standard InChI is InChI=1S/C28H24ClN2O5PS.C28H31N2O5PS.C27H21Cl2N2O5PS.C27H22ClN2O5PS/c1-4-35-37(34,25-12-11-20(29)14-17(25)2)31(3)22-16-26(38-27(22)28(32)33)19-9-7-18(8-10-19)24-15-21-23(36-24)6-5-13-30-21;1-4-34-36(33,21-13-7-18(2)8-14-21)30(3)23-17-26(37-27(23)28(31)32)20-11-9-19(10-12-20)25-16-22-24(35-25)6-5-15-29-22;1-3-35-37(34,24-11-10-18(28)13-19(24)29)31(2)21-15-25(38-26(21)27(32)33)17-8-6-16(7-9-17)23-14-20-22(36-23)5-4-12-30-20;1-3-34-36(33,20-12-10-19(28)11-13-20)30(2)22-16-25(37-26(22)27(31)32)18-8-6-17(7-9-18)24-15-21-23(35-24)5-4-14-29-21/h5-16H,4H2,1-3H3,(H,32,33);5-6,9-12,15-18,21H,4,7-8,13-14H2,1-3H3,(H,31,32);4-15H,3H2,1-2H3,(H,32,33);4-16H,3H2,1-2H3,(H,31,32). The molecule has 4 N–H and O–H groups in total. The molecule has 770 valence electrons. The number of pyridine rings is 4. The Hall–Kier alpha value is -12.9. The molecular weight excluding hydrogens is 2150 g/mol. The van der Waals surface area contributed by atoms with Crippen LogP contribution in [0.25, 0.3) is 131 Å². The molecule has 20 rings (SSSR count). The normalized spacial score (nSPS) is 14.6. The Kier molecular flexibility index (Phi) is 33.6. The first kappa shape index (κ1) is 108. The molecule has 12 aromatic heterocycles. The van der Waals surface area contributed by atoms with Gasteiger partial charge in [0.1, 0.15) is 64.6 Å². The molecule has 28 nitrogen and oxygen atoms in total. The van der Waals surface area contributed by atoms with Crippen LogP contribution >= 0.6 is 122 Å². The van der Waals surface area contributed by atoms with E-state index in [1.54, 1.807) is 152 Å².